The lowest BCUT2D eigenvalue weighted by atomic mass is 10.1. The molecule has 0 unspecified atom stereocenters. The lowest BCUT2D eigenvalue weighted by Gasteiger charge is -2.20. The molecule has 0 radical (unpaired) electrons. The zero-order valence-corrected chi connectivity index (χ0v) is 17.4. The lowest BCUT2D eigenvalue weighted by molar-refractivity contribution is -0.115. The number of nitrogens with zero attached hydrogens (tertiary/aromatic N) is 2. The fraction of sp³-hybridized carbons (Fsp3) is 0.167. The van der Waals surface area contributed by atoms with Gasteiger partial charge >= 0.3 is 0 Å². The predicted octanol–water partition coefficient (Wildman–Crippen LogP) is 5.58. The van der Waals surface area contributed by atoms with Gasteiger partial charge in [0.15, 0.2) is 5.17 Å². The van der Waals surface area contributed by atoms with Crippen LogP contribution in [0.25, 0.3) is 16.8 Å². The number of carbonyl (C=O) groups excluding carboxylic acids is 1. The minimum absolute atomic E-state index is 0.109. The van der Waals surface area contributed by atoms with E-state index in [9.17, 15) is 4.79 Å². The van der Waals surface area contributed by atoms with E-state index in [1.54, 1.807) is 0 Å². The smallest absolute Gasteiger partial charge is 0.264 e. The number of nitrogens with one attached hydrogen (secondary N) is 1. The van der Waals surface area contributed by atoms with Gasteiger partial charge in [0.1, 0.15) is 0 Å². The Labute approximate surface area is 175 Å². The summed E-state index contributed by atoms with van der Waals surface area (Å²) in [4.78, 5) is 20.1. The van der Waals surface area contributed by atoms with Crippen molar-refractivity contribution in [3.05, 3.63) is 77.2 Å². The van der Waals surface area contributed by atoms with Gasteiger partial charge in [-0.2, -0.15) is 0 Å². The largest absolute Gasteiger partial charge is 0.372 e. The number of benzene rings is 3. The van der Waals surface area contributed by atoms with Crippen LogP contribution in [0, 0.1) is 0 Å². The van der Waals surface area contributed by atoms with Crippen LogP contribution in [0.5, 0.6) is 0 Å². The van der Waals surface area contributed by atoms with Crippen molar-refractivity contribution in [1.29, 1.82) is 0 Å². The molecule has 0 spiro atoms. The summed E-state index contributed by atoms with van der Waals surface area (Å²) in [5.41, 5.74) is 3.06. The minimum Gasteiger partial charge on any atom is -0.372 e. The number of amides is 1. The van der Waals surface area contributed by atoms with Crippen LogP contribution in [0.3, 0.4) is 0 Å². The third-order valence-corrected chi connectivity index (χ3v) is 5.87. The maximum Gasteiger partial charge on any atom is 0.264 e. The Morgan fingerprint density at radius 1 is 0.966 bits per heavy atom. The molecule has 4 rings (SSSR count). The number of hydrogen-bond donors (Lipinski definition) is 1. The Bertz CT molecular complexity index is 1090. The Morgan fingerprint density at radius 3 is 2.45 bits per heavy atom. The fourth-order valence-electron chi connectivity index (χ4n) is 3.42. The average Bonchev–Trinajstić information content (AvgIpc) is 3.09. The molecule has 1 aliphatic rings. The maximum absolute atomic E-state index is 12.4. The topological polar surface area (TPSA) is 44.7 Å². The van der Waals surface area contributed by atoms with Crippen LogP contribution < -0.4 is 10.2 Å². The molecule has 0 bridgehead atoms. The van der Waals surface area contributed by atoms with Crippen molar-refractivity contribution in [2.24, 2.45) is 4.99 Å². The van der Waals surface area contributed by atoms with E-state index in [1.807, 2.05) is 48.5 Å². The Hall–Kier alpha value is -3.05. The molecule has 1 fully saturated rings. The van der Waals surface area contributed by atoms with Gasteiger partial charge in [-0.05, 0) is 60.8 Å². The Kier molecular flexibility index (Phi) is 5.67. The first kappa shape index (κ1) is 19.3. The highest BCUT2D eigenvalue weighted by molar-refractivity contribution is 8.18. The molecule has 3 aromatic rings. The molecule has 1 amide bonds. The Balaban J connectivity index is 1.57. The molecule has 3 aromatic carbocycles. The predicted molar refractivity (Wildman–Crippen MR) is 125 cm³/mol. The second-order valence-electron chi connectivity index (χ2n) is 6.74. The zero-order chi connectivity index (χ0) is 20.2. The first-order valence-electron chi connectivity index (χ1n) is 9.80. The van der Waals surface area contributed by atoms with Gasteiger partial charge in [0.05, 0.1) is 10.6 Å². The Morgan fingerprint density at radius 2 is 1.69 bits per heavy atom. The number of rotatable bonds is 5. The van der Waals surface area contributed by atoms with E-state index in [0.717, 1.165) is 35.1 Å². The SMILES string of the molecule is CCN(CC)c1ccc(/C=C2\SC(=Nc3cccc4ccccc34)NC2=O)cc1. The first-order chi connectivity index (χ1) is 14.2. The van der Waals surface area contributed by atoms with Gasteiger partial charge < -0.3 is 10.2 Å². The maximum atomic E-state index is 12.4. The summed E-state index contributed by atoms with van der Waals surface area (Å²) >= 11 is 1.38. The molecule has 1 saturated heterocycles. The highest BCUT2D eigenvalue weighted by Gasteiger charge is 2.24. The number of hydrogen-bond acceptors (Lipinski definition) is 4. The molecule has 29 heavy (non-hydrogen) atoms. The normalized spacial score (nSPS) is 16.6. The molecule has 5 heteroatoms. The summed E-state index contributed by atoms with van der Waals surface area (Å²) in [7, 11) is 0. The van der Waals surface area contributed by atoms with E-state index in [-0.39, 0.29) is 5.91 Å². The molecule has 0 aromatic heterocycles. The van der Waals surface area contributed by atoms with E-state index >= 15 is 0 Å². The van der Waals surface area contributed by atoms with Gasteiger partial charge in [0.2, 0.25) is 0 Å². The molecular weight excluding hydrogens is 378 g/mol. The van der Waals surface area contributed by atoms with Crippen molar-refractivity contribution in [1.82, 2.24) is 5.32 Å². The monoisotopic (exact) mass is 401 g/mol. The van der Waals surface area contributed by atoms with Crippen LogP contribution in [0.2, 0.25) is 0 Å². The molecule has 0 saturated carbocycles. The van der Waals surface area contributed by atoms with Crippen LogP contribution >= 0.6 is 11.8 Å². The highest BCUT2D eigenvalue weighted by atomic mass is 32.2. The number of amidine groups is 1. The number of anilines is 1. The molecule has 1 heterocycles. The number of fused-ring (bicyclic) bond motifs is 1. The molecule has 0 aliphatic carbocycles. The van der Waals surface area contributed by atoms with Crippen molar-refractivity contribution in [2.45, 2.75) is 13.8 Å². The second kappa shape index (κ2) is 8.53. The first-order valence-corrected chi connectivity index (χ1v) is 10.6. The summed E-state index contributed by atoms with van der Waals surface area (Å²) in [6.45, 7) is 6.25. The van der Waals surface area contributed by atoms with E-state index in [0.29, 0.717) is 10.1 Å². The molecule has 1 N–H and O–H groups in total. The zero-order valence-electron chi connectivity index (χ0n) is 16.6. The molecule has 146 valence electrons. The van der Waals surface area contributed by atoms with Crippen molar-refractivity contribution < 1.29 is 4.79 Å². The van der Waals surface area contributed by atoms with E-state index in [1.165, 1.54) is 17.4 Å². The van der Waals surface area contributed by atoms with Crippen LogP contribution in [0.1, 0.15) is 19.4 Å². The third-order valence-electron chi connectivity index (χ3n) is 4.96. The van der Waals surface area contributed by atoms with Crippen LogP contribution in [-0.2, 0) is 4.79 Å². The van der Waals surface area contributed by atoms with E-state index in [4.69, 9.17) is 0 Å². The van der Waals surface area contributed by atoms with Gasteiger partial charge in [-0.1, -0.05) is 48.5 Å². The molecular formula is C24H23N3OS. The van der Waals surface area contributed by atoms with Crippen LogP contribution in [0.15, 0.2) is 76.6 Å². The van der Waals surface area contributed by atoms with Gasteiger partial charge in [-0.25, -0.2) is 4.99 Å². The van der Waals surface area contributed by atoms with Crippen molar-refractivity contribution in [2.75, 3.05) is 18.0 Å². The molecule has 4 nitrogen and oxygen atoms in total. The van der Waals surface area contributed by atoms with Gasteiger partial charge in [0.25, 0.3) is 5.91 Å². The summed E-state index contributed by atoms with van der Waals surface area (Å²) in [5.74, 6) is -0.109. The summed E-state index contributed by atoms with van der Waals surface area (Å²) in [6.07, 6.45) is 1.91. The van der Waals surface area contributed by atoms with Crippen LogP contribution in [-0.4, -0.2) is 24.2 Å². The minimum atomic E-state index is -0.109. The summed E-state index contributed by atoms with van der Waals surface area (Å²) < 4.78 is 0. The molecule has 1 aliphatic heterocycles. The van der Waals surface area contributed by atoms with Crippen molar-refractivity contribution in [3.8, 4) is 0 Å². The van der Waals surface area contributed by atoms with E-state index in [2.05, 4.69) is 53.3 Å². The summed E-state index contributed by atoms with van der Waals surface area (Å²) in [6, 6.07) is 22.4. The van der Waals surface area contributed by atoms with Crippen LogP contribution in [0.4, 0.5) is 11.4 Å². The highest BCUT2D eigenvalue weighted by Crippen LogP contribution is 2.31. The fourth-order valence-corrected chi connectivity index (χ4v) is 4.25. The van der Waals surface area contributed by atoms with Gasteiger partial charge in [-0.15, -0.1) is 0 Å². The van der Waals surface area contributed by atoms with Crippen molar-refractivity contribution in [3.63, 3.8) is 0 Å². The number of carbonyl (C=O) groups is 1. The van der Waals surface area contributed by atoms with E-state index < -0.39 is 0 Å². The summed E-state index contributed by atoms with van der Waals surface area (Å²) in [5, 5.41) is 5.69. The van der Waals surface area contributed by atoms with Gasteiger partial charge in [-0.3, -0.25) is 4.79 Å². The van der Waals surface area contributed by atoms with Gasteiger partial charge in [0, 0.05) is 24.2 Å². The quantitative estimate of drug-likeness (QED) is 0.568. The standard InChI is InChI=1S/C24H23N3OS/c1-3-27(4-2)19-14-12-17(13-15-19)16-22-23(28)26-24(29-22)25-21-11-7-9-18-8-5-6-10-20(18)21/h5-16H,3-4H2,1-2H3,(H,25,26,28)/b22-16-. The average molecular weight is 402 g/mol. The number of aliphatic imine (C=N–C) groups is 1. The lowest BCUT2D eigenvalue weighted by Crippen LogP contribution is -2.21. The number of thioether (sulfide) groups is 1. The molecule has 0 atom stereocenters. The second-order valence-corrected chi connectivity index (χ2v) is 7.77. The van der Waals surface area contributed by atoms with Crippen molar-refractivity contribution >= 4 is 51.1 Å². The third kappa shape index (κ3) is 4.20.